The standard InChI is InChI=1S/C21H20FN3O4S/c1-14-21(24-15(2)26)20(29-25-14)12-7-16-5-10-19(11-6-16)30(27,28)23-13-17-3-8-18(22)9-4-17/h3-12,23H,13H2,1-2H3,(H,24,26). The van der Waals surface area contributed by atoms with Gasteiger partial charge in [0.2, 0.25) is 15.9 Å². The number of aromatic nitrogens is 1. The molecular formula is C21H20FN3O4S. The number of anilines is 1. The second-order valence-electron chi connectivity index (χ2n) is 6.54. The molecule has 2 N–H and O–H groups in total. The van der Waals surface area contributed by atoms with Gasteiger partial charge < -0.3 is 9.84 Å². The first-order valence-corrected chi connectivity index (χ1v) is 10.5. The van der Waals surface area contributed by atoms with E-state index in [-0.39, 0.29) is 23.2 Å². The van der Waals surface area contributed by atoms with Crippen molar-refractivity contribution >= 4 is 33.8 Å². The first kappa shape index (κ1) is 21.4. The number of hydrogen-bond acceptors (Lipinski definition) is 5. The lowest BCUT2D eigenvalue weighted by molar-refractivity contribution is -0.114. The summed E-state index contributed by atoms with van der Waals surface area (Å²) in [7, 11) is -3.71. The van der Waals surface area contributed by atoms with E-state index in [0.29, 0.717) is 22.7 Å². The van der Waals surface area contributed by atoms with Gasteiger partial charge in [0.25, 0.3) is 0 Å². The van der Waals surface area contributed by atoms with E-state index in [2.05, 4.69) is 15.2 Å². The third-order valence-electron chi connectivity index (χ3n) is 4.19. The van der Waals surface area contributed by atoms with E-state index < -0.39 is 10.0 Å². The third-order valence-corrected chi connectivity index (χ3v) is 5.60. The summed E-state index contributed by atoms with van der Waals surface area (Å²) >= 11 is 0. The quantitative estimate of drug-likeness (QED) is 0.596. The number of halogens is 1. The van der Waals surface area contributed by atoms with Crippen LogP contribution in [0.5, 0.6) is 0 Å². The molecule has 3 rings (SSSR count). The minimum atomic E-state index is -3.71. The van der Waals surface area contributed by atoms with Crippen LogP contribution in [0.1, 0.15) is 29.5 Å². The summed E-state index contributed by atoms with van der Waals surface area (Å²) in [6.45, 7) is 3.16. The molecule has 0 fully saturated rings. The Hall–Kier alpha value is -3.30. The average Bonchev–Trinajstić information content (AvgIpc) is 3.05. The van der Waals surface area contributed by atoms with Gasteiger partial charge in [0.1, 0.15) is 17.2 Å². The summed E-state index contributed by atoms with van der Waals surface area (Å²) in [5, 5.41) is 6.49. The molecule has 0 radical (unpaired) electrons. The van der Waals surface area contributed by atoms with Crippen LogP contribution >= 0.6 is 0 Å². The molecule has 0 aliphatic rings. The predicted molar refractivity (Wildman–Crippen MR) is 111 cm³/mol. The van der Waals surface area contributed by atoms with Crippen molar-refractivity contribution < 1.29 is 22.1 Å². The van der Waals surface area contributed by atoms with E-state index in [1.165, 1.54) is 43.3 Å². The molecule has 30 heavy (non-hydrogen) atoms. The smallest absolute Gasteiger partial charge is 0.240 e. The fourth-order valence-electron chi connectivity index (χ4n) is 2.62. The second kappa shape index (κ2) is 9.02. The molecule has 0 unspecified atom stereocenters. The molecule has 0 saturated heterocycles. The minimum Gasteiger partial charge on any atom is -0.354 e. The molecule has 0 aliphatic carbocycles. The Morgan fingerprint density at radius 3 is 2.40 bits per heavy atom. The molecule has 0 aliphatic heterocycles. The van der Waals surface area contributed by atoms with Crippen LogP contribution in [0.25, 0.3) is 12.2 Å². The number of carbonyl (C=O) groups excluding carboxylic acids is 1. The van der Waals surface area contributed by atoms with Crippen molar-refractivity contribution in [2.24, 2.45) is 0 Å². The maximum absolute atomic E-state index is 12.9. The molecule has 0 spiro atoms. The summed E-state index contributed by atoms with van der Waals surface area (Å²) in [6, 6.07) is 11.8. The number of hydrogen-bond donors (Lipinski definition) is 2. The minimum absolute atomic E-state index is 0.0566. The van der Waals surface area contributed by atoms with Gasteiger partial charge in [-0.3, -0.25) is 4.79 Å². The van der Waals surface area contributed by atoms with Crippen LogP contribution in [0.3, 0.4) is 0 Å². The monoisotopic (exact) mass is 429 g/mol. The summed E-state index contributed by atoms with van der Waals surface area (Å²) in [5.74, 6) is -0.228. The highest BCUT2D eigenvalue weighted by molar-refractivity contribution is 7.89. The van der Waals surface area contributed by atoms with Crippen LogP contribution in [0.4, 0.5) is 10.1 Å². The fraction of sp³-hybridized carbons (Fsp3) is 0.143. The van der Waals surface area contributed by atoms with Gasteiger partial charge in [-0.1, -0.05) is 35.5 Å². The molecule has 1 heterocycles. The number of benzene rings is 2. The second-order valence-corrected chi connectivity index (χ2v) is 8.31. The van der Waals surface area contributed by atoms with Crippen molar-refractivity contribution in [2.75, 3.05) is 5.32 Å². The maximum atomic E-state index is 12.9. The summed E-state index contributed by atoms with van der Waals surface area (Å²) in [6.07, 6.45) is 3.36. The molecule has 0 saturated carbocycles. The van der Waals surface area contributed by atoms with Gasteiger partial charge in [0.15, 0.2) is 5.76 Å². The van der Waals surface area contributed by atoms with Crippen molar-refractivity contribution in [2.45, 2.75) is 25.3 Å². The molecule has 3 aromatic rings. The van der Waals surface area contributed by atoms with Crippen LogP contribution in [0, 0.1) is 12.7 Å². The zero-order valence-electron chi connectivity index (χ0n) is 16.3. The number of amides is 1. The Balaban J connectivity index is 1.69. The Morgan fingerprint density at radius 2 is 1.77 bits per heavy atom. The van der Waals surface area contributed by atoms with Gasteiger partial charge in [-0.25, -0.2) is 17.5 Å². The zero-order chi connectivity index (χ0) is 21.7. The molecule has 0 bridgehead atoms. The highest BCUT2D eigenvalue weighted by Crippen LogP contribution is 2.22. The van der Waals surface area contributed by atoms with Gasteiger partial charge in [-0.2, -0.15) is 0 Å². The van der Waals surface area contributed by atoms with Crippen LogP contribution in [0.15, 0.2) is 57.9 Å². The lowest BCUT2D eigenvalue weighted by atomic mass is 10.2. The van der Waals surface area contributed by atoms with E-state index >= 15 is 0 Å². The number of nitrogens with one attached hydrogen (secondary N) is 2. The molecular weight excluding hydrogens is 409 g/mol. The van der Waals surface area contributed by atoms with E-state index in [9.17, 15) is 17.6 Å². The first-order chi connectivity index (χ1) is 14.2. The summed E-state index contributed by atoms with van der Waals surface area (Å²) < 4.78 is 45.5. The Bertz CT molecular complexity index is 1170. The van der Waals surface area contributed by atoms with Crippen LogP contribution < -0.4 is 10.0 Å². The Kier molecular flexibility index (Phi) is 6.43. The SMILES string of the molecule is CC(=O)Nc1c(C)noc1C=Cc1ccc(S(=O)(=O)NCc2ccc(F)cc2)cc1. The number of sulfonamides is 1. The van der Waals surface area contributed by atoms with Crippen LogP contribution in [-0.2, 0) is 21.4 Å². The molecule has 1 aromatic heterocycles. The van der Waals surface area contributed by atoms with E-state index in [0.717, 1.165) is 5.56 Å². The average molecular weight is 429 g/mol. The van der Waals surface area contributed by atoms with E-state index in [1.54, 1.807) is 31.2 Å². The van der Waals surface area contributed by atoms with E-state index in [1.807, 2.05) is 0 Å². The van der Waals surface area contributed by atoms with Crippen molar-refractivity contribution in [3.8, 4) is 0 Å². The Morgan fingerprint density at radius 1 is 1.10 bits per heavy atom. The molecule has 156 valence electrons. The summed E-state index contributed by atoms with van der Waals surface area (Å²) in [4.78, 5) is 11.4. The normalized spacial score (nSPS) is 11.7. The summed E-state index contributed by atoms with van der Waals surface area (Å²) in [5.41, 5.74) is 2.42. The maximum Gasteiger partial charge on any atom is 0.240 e. The first-order valence-electron chi connectivity index (χ1n) is 9.01. The number of rotatable bonds is 7. The zero-order valence-corrected chi connectivity index (χ0v) is 17.2. The number of carbonyl (C=O) groups is 1. The molecule has 9 heteroatoms. The van der Waals surface area contributed by atoms with Crippen molar-refractivity contribution in [3.05, 3.63) is 76.9 Å². The van der Waals surface area contributed by atoms with Crippen molar-refractivity contribution in [3.63, 3.8) is 0 Å². The van der Waals surface area contributed by atoms with Gasteiger partial charge in [0, 0.05) is 13.5 Å². The highest BCUT2D eigenvalue weighted by Gasteiger charge is 2.14. The van der Waals surface area contributed by atoms with Gasteiger partial charge in [0.05, 0.1) is 4.90 Å². The van der Waals surface area contributed by atoms with Crippen LogP contribution in [0.2, 0.25) is 0 Å². The molecule has 2 aromatic carbocycles. The Labute approximate surface area is 173 Å². The van der Waals surface area contributed by atoms with E-state index in [4.69, 9.17) is 4.52 Å². The lowest BCUT2D eigenvalue weighted by Crippen LogP contribution is -2.23. The topological polar surface area (TPSA) is 101 Å². The van der Waals surface area contributed by atoms with Crippen molar-refractivity contribution in [1.29, 1.82) is 0 Å². The van der Waals surface area contributed by atoms with Gasteiger partial charge in [-0.05, 0) is 48.4 Å². The molecule has 1 amide bonds. The molecule has 7 nitrogen and oxygen atoms in total. The number of nitrogens with zero attached hydrogens (tertiary/aromatic N) is 1. The highest BCUT2D eigenvalue weighted by atomic mass is 32.2. The fourth-order valence-corrected chi connectivity index (χ4v) is 3.64. The van der Waals surface area contributed by atoms with Crippen molar-refractivity contribution in [1.82, 2.24) is 9.88 Å². The third kappa shape index (κ3) is 5.40. The number of aryl methyl sites for hydroxylation is 1. The largest absolute Gasteiger partial charge is 0.354 e. The van der Waals surface area contributed by atoms with Gasteiger partial charge >= 0.3 is 0 Å². The lowest BCUT2D eigenvalue weighted by Gasteiger charge is -2.07. The van der Waals surface area contributed by atoms with Crippen LogP contribution in [-0.4, -0.2) is 19.5 Å². The van der Waals surface area contributed by atoms with Gasteiger partial charge in [-0.15, -0.1) is 0 Å². The molecule has 0 atom stereocenters. The predicted octanol–water partition coefficient (Wildman–Crippen LogP) is 3.73.